The number of carbonyl (C=O) groups is 2. The number of carbonyl (C=O) groups excluding carboxylic acids is 2. The largest absolute Gasteiger partial charge is 0.466 e. The molecular weight excluding hydrogens is 480 g/mol. The molecule has 0 spiro atoms. The standard InChI is InChI=1S/C30H26N4O4/c1-37-29(35)26-25(19-9-4-3-5-10-19)24(16-31)28(32)34(27(26)30(36)38-2)23-14-8-13-22(15-23)33-17-20-11-6-7-12-21(20)18-33/h3-15,25H,17-18,32H2,1-2H3. The molecule has 8 heteroatoms. The van der Waals surface area contributed by atoms with Gasteiger partial charge in [-0.2, -0.15) is 5.26 Å². The normalized spacial score (nSPS) is 16.7. The molecule has 0 aliphatic carbocycles. The molecule has 2 heterocycles. The summed E-state index contributed by atoms with van der Waals surface area (Å²) in [5.74, 6) is -2.40. The molecule has 0 fully saturated rings. The first kappa shape index (κ1) is 24.7. The second-order valence-electron chi connectivity index (χ2n) is 8.98. The van der Waals surface area contributed by atoms with Crippen LogP contribution in [0.3, 0.4) is 0 Å². The number of hydrogen-bond acceptors (Lipinski definition) is 8. The van der Waals surface area contributed by atoms with Crippen molar-refractivity contribution in [3.05, 3.63) is 118 Å². The summed E-state index contributed by atoms with van der Waals surface area (Å²) in [6.45, 7) is 1.47. The van der Waals surface area contributed by atoms with Gasteiger partial charge in [-0.15, -0.1) is 0 Å². The topological polar surface area (TPSA) is 109 Å². The van der Waals surface area contributed by atoms with Gasteiger partial charge in [0.2, 0.25) is 0 Å². The number of hydrogen-bond donors (Lipinski definition) is 1. The number of nitrogens with two attached hydrogens (primary N) is 1. The lowest BCUT2D eigenvalue weighted by Crippen LogP contribution is -2.40. The van der Waals surface area contributed by atoms with Crippen molar-refractivity contribution < 1.29 is 19.1 Å². The van der Waals surface area contributed by atoms with E-state index in [0.29, 0.717) is 11.3 Å². The lowest BCUT2D eigenvalue weighted by Gasteiger charge is -2.36. The highest BCUT2D eigenvalue weighted by Crippen LogP contribution is 2.44. The molecule has 2 aliphatic heterocycles. The predicted molar refractivity (Wildman–Crippen MR) is 142 cm³/mol. The Hall–Kier alpha value is -5.03. The molecule has 0 aromatic heterocycles. The molecule has 0 amide bonds. The third kappa shape index (κ3) is 4.14. The molecule has 1 atom stereocenters. The monoisotopic (exact) mass is 506 g/mol. The number of allylic oxidation sites excluding steroid dienone is 1. The summed E-state index contributed by atoms with van der Waals surface area (Å²) in [5.41, 5.74) is 11.2. The lowest BCUT2D eigenvalue weighted by molar-refractivity contribution is -0.139. The van der Waals surface area contributed by atoms with Gasteiger partial charge in [0.15, 0.2) is 0 Å². The van der Waals surface area contributed by atoms with Crippen LogP contribution >= 0.6 is 0 Å². The van der Waals surface area contributed by atoms with Gasteiger partial charge in [-0.3, -0.25) is 4.90 Å². The zero-order valence-corrected chi connectivity index (χ0v) is 21.0. The van der Waals surface area contributed by atoms with E-state index >= 15 is 0 Å². The van der Waals surface area contributed by atoms with Crippen molar-refractivity contribution in [2.45, 2.75) is 19.0 Å². The number of anilines is 2. The second kappa shape index (κ2) is 10.1. The summed E-state index contributed by atoms with van der Waals surface area (Å²) >= 11 is 0. The molecule has 2 aliphatic rings. The highest BCUT2D eigenvalue weighted by molar-refractivity contribution is 6.06. The highest BCUT2D eigenvalue weighted by Gasteiger charge is 2.43. The Labute approximate surface area is 220 Å². The van der Waals surface area contributed by atoms with Crippen molar-refractivity contribution in [3.63, 3.8) is 0 Å². The van der Waals surface area contributed by atoms with Crippen LogP contribution in [-0.4, -0.2) is 26.2 Å². The summed E-state index contributed by atoms with van der Waals surface area (Å²) < 4.78 is 10.2. The molecule has 1 unspecified atom stereocenters. The fourth-order valence-corrected chi connectivity index (χ4v) is 5.13. The van der Waals surface area contributed by atoms with E-state index in [-0.39, 0.29) is 22.7 Å². The van der Waals surface area contributed by atoms with Crippen LogP contribution in [0, 0.1) is 11.3 Å². The molecule has 190 valence electrons. The number of nitrogens with zero attached hydrogens (tertiary/aromatic N) is 3. The smallest absolute Gasteiger partial charge is 0.355 e. The molecule has 38 heavy (non-hydrogen) atoms. The molecule has 3 aromatic carbocycles. The minimum Gasteiger partial charge on any atom is -0.466 e. The van der Waals surface area contributed by atoms with E-state index in [1.54, 1.807) is 30.3 Å². The SMILES string of the molecule is COC(=O)C1=C(C(=O)OC)N(c2cccc(N3Cc4ccccc4C3)c2)C(N)=C(C#N)C1c1ccccc1. The van der Waals surface area contributed by atoms with E-state index in [1.165, 1.54) is 30.2 Å². The summed E-state index contributed by atoms with van der Waals surface area (Å²) in [5, 5.41) is 10.2. The van der Waals surface area contributed by atoms with Gasteiger partial charge in [-0.25, -0.2) is 9.59 Å². The first-order valence-electron chi connectivity index (χ1n) is 12.1. The van der Waals surface area contributed by atoms with Crippen LogP contribution in [0.15, 0.2) is 102 Å². The summed E-state index contributed by atoms with van der Waals surface area (Å²) in [7, 11) is 2.47. The number of methoxy groups -OCH3 is 2. The first-order valence-corrected chi connectivity index (χ1v) is 12.1. The predicted octanol–water partition coefficient (Wildman–Crippen LogP) is 4.10. The summed E-state index contributed by atoms with van der Waals surface area (Å²) in [6, 6.07) is 26.9. The number of nitriles is 1. The molecule has 0 radical (unpaired) electrons. The van der Waals surface area contributed by atoms with Crippen molar-refractivity contribution >= 4 is 23.3 Å². The number of benzene rings is 3. The van der Waals surface area contributed by atoms with Gasteiger partial charge >= 0.3 is 11.9 Å². The van der Waals surface area contributed by atoms with Gasteiger partial charge in [0.1, 0.15) is 11.5 Å². The minimum absolute atomic E-state index is 0.0183. The maximum Gasteiger partial charge on any atom is 0.355 e. The van der Waals surface area contributed by atoms with Crippen molar-refractivity contribution in [2.24, 2.45) is 5.73 Å². The number of esters is 2. The fourth-order valence-electron chi connectivity index (χ4n) is 5.13. The Morgan fingerprint density at radius 2 is 1.47 bits per heavy atom. The summed E-state index contributed by atoms with van der Waals surface area (Å²) in [6.07, 6.45) is 0. The molecule has 0 bridgehead atoms. The van der Waals surface area contributed by atoms with Crippen molar-refractivity contribution in [1.82, 2.24) is 0 Å². The Balaban J connectivity index is 1.68. The van der Waals surface area contributed by atoms with Crippen molar-refractivity contribution in [1.29, 1.82) is 5.26 Å². The maximum absolute atomic E-state index is 13.3. The van der Waals surface area contributed by atoms with Crippen LogP contribution in [0.4, 0.5) is 11.4 Å². The van der Waals surface area contributed by atoms with Crippen LogP contribution in [0.25, 0.3) is 0 Å². The van der Waals surface area contributed by atoms with Crippen molar-refractivity contribution in [3.8, 4) is 6.07 Å². The van der Waals surface area contributed by atoms with E-state index in [2.05, 4.69) is 23.1 Å². The average molecular weight is 507 g/mol. The number of fused-ring (bicyclic) bond motifs is 1. The van der Waals surface area contributed by atoms with E-state index in [9.17, 15) is 14.9 Å². The molecular formula is C30H26N4O4. The van der Waals surface area contributed by atoms with Gasteiger partial charge < -0.3 is 20.1 Å². The quantitative estimate of drug-likeness (QED) is 0.515. The molecule has 5 rings (SSSR count). The van der Waals surface area contributed by atoms with Gasteiger partial charge in [-0.05, 0) is 34.9 Å². The van der Waals surface area contributed by atoms with Crippen LogP contribution in [0.2, 0.25) is 0 Å². The van der Waals surface area contributed by atoms with Crippen LogP contribution in [0.1, 0.15) is 22.6 Å². The maximum atomic E-state index is 13.3. The Morgan fingerprint density at radius 3 is 2.08 bits per heavy atom. The van der Waals surface area contributed by atoms with E-state index < -0.39 is 17.9 Å². The second-order valence-corrected chi connectivity index (χ2v) is 8.98. The van der Waals surface area contributed by atoms with Crippen LogP contribution in [0.5, 0.6) is 0 Å². The molecule has 3 aromatic rings. The van der Waals surface area contributed by atoms with E-state index in [1.807, 2.05) is 36.4 Å². The Bertz CT molecular complexity index is 1500. The van der Waals surface area contributed by atoms with E-state index in [0.717, 1.165) is 18.8 Å². The highest BCUT2D eigenvalue weighted by atomic mass is 16.5. The Kier molecular flexibility index (Phi) is 6.58. The molecule has 2 N–H and O–H groups in total. The van der Waals surface area contributed by atoms with Gasteiger partial charge in [0, 0.05) is 24.5 Å². The summed E-state index contributed by atoms with van der Waals surface area (Å²) in [4.78, 5) is 30.1. The number of ether oxygens (including phenoxy) is 2. The zero-order valence-electron chi connectivity index (χ0n) is 21.0. The third-order valence-corrected chi connectivity index (χ3v) is 6.90. The molecule has 8 nitrogen and oxygen atoms in total. The lowest BCUT2D eigenvalue weighted by atomic mass is 9.81. The van der Waals surface area contributed by atoms with Gasteiger partial charge in [0.05, 0.1) is 37.4 Å². The fraction of sp³-hybridized carbons (Fsp3) is 0.167. The Morgan fingerprint density at radius 1 is 0.868 bits per heavy atom. The minimum atomic E-state index is -0.907. The van der Waals surface area contributed by atoms with Gasteiger partial charge in [-0.1, -0.05) is 60.7 Å². The average Bonchev–Trinajstić information content (AvgIpc) is 3.40. The number of rotatable bonds is 5. The van der Waals surface area contributed by atoms with Crippen LogP contribution < -0.4 is 15.5 Å². The van der Waals surface area contributed by atoms with E-state index in [4.69, 9.17) is 15.2 Å². The zero-order chi connectivity index (χ0) is 26.8. The van der Waals surface area contributed by atoms with Crippen molar-refractivity contribution in [2.75, 3.05) is 24.0 Å². The first-order chi connectivity index (χ1) is 18.5. The molecule has 0 saturated heterocycles. The van der Waals surface area contributed by atoms with Crippen LogP contribution in [-0.2, 0) is 32.2 Å². The molecule has 0 saturated carbocycles. The third-order valence-electron chi connectivity index (χ3n) is 6.90. The van der Waals surface area contributed by atoms with Gasteiger partial charge in [0.25, 0.3) is 0 Å².